The van der Waals surface area contributed by atoms with E-state index in [9.17, 15) is 4.79 Å². The Morgan fingerprint density at radius 3 is 2.28 bits per heavy atom. The summed E-state index contributed by atoms with van der Waals surface area (Å²) in [6.07, 6.45) is 0. The van der Waals surface area contributed by atoms with Crippen molar-refractivity contribution in [1.29, 1.82) is 0 Å². The van der Waals surface area contributed by atoms with Crippen molar-refractivity contribution in [2.45, 2.75) is 17.6 Å². The lowest BCUT2D eigenvalue weighted by Gasteiger charge is -2.12. The quantitative estimate of drug-likeness (QED) is 0.853. The number of nitrogens with one attached hydrogen (secondary N) is 1. The van der Waals surface area contributed by atoms with E-state index in [4.69, 9.17) is 39.5 Å². The summed E-state index contributed by atoms with van der Waals surface area (Å²) in [6.45, 7) is 4.77. The van der Waals surface area contributed by atoms with Gasteiger partial charge in [-0.05, 0) is 30.2 Å². The lowest BCUT2D eigenvalue weighted by molar-refractivity contribution is -0.115. The number of halogens is 3. The van der Waals surface area contributed by atoms with Crippen LogP contribution in [0.4, 0.5) is 5.69 Å². The third kappa shape index (κ3) is 5.34. The van der Waals surface area contributed by atoms with Gasteiger partial charge in [0.05, 0.1) is 6.61 Å². The smallest absolute Gasteiger partial charge is 0.276 e. The lowest BCUT2D eigenvalue weighted by Crippen LogP contribution is -2.26. The average molecular weight is 311 g/mol. The first kappa shape index (κ1) is 15.4. The van der Waals surface area contributed by atoms with Crippen molar-refractivity contribution in [2.24, 2.45) is 5.92 Å². The van der Waals surface area contributed by atoms with Crippen LogP contribution < -0.4 is 10.1 Å². The van der Waals surface area contributed by atoms with Crippen molar-refractivity contribution in [3.8, 4) is 5.75 Å². The first-order chi connectivity index (χ1) is 8.29. The zero-order chi connectivity index (χ0) is 13.8. The molecule has 0 aliphatic rings. The largest absolute Gasteiger partial charge is 0.493 e. The standard InChI is InChI=1S/C12H14Cl3NO2/c1-8(2)7-18-10-5-3-9(4-6-10)16-11(17)12(13,14)15/h3-6,8H,7H2,1-2H3,(H,16,17). The molecule has 0 aromatic heterocycles. The van der Waals surface area contributed by atoms with Crippen LogP contribution in [0.3, 0.4) is 0 Å². The van der Waals surface area contributed by atoms with Gasteiger partial charge in [-0.3, -0.25) is 4.79 Å². The van der Waals surface area contributed by atoms with Crippen molar-refractivity contribution in [2.75, 3.05) is 11.9 Å². The summed E-state index contributed by atoms with van der Waals surface area (Å²) in [7, 11) is 0. The van der Waals surface area contributed by atoms with E-state index in [-0.39, 0.29) is 0 Å². The molecule has 18 heavy (non-hydrogen) atoms. The lowest BCUT2D eigenvalue weighted by atomic mass is 10.2. The molecule has 0 aliphatic heterocycles. The van der Waals surface area contributed by atoms with Crippen LogP contribution in [0.1, 0.15) is 13.8 Å². The van der Waals surface area contributed by atoms with Crippen LogP contribution in [0, 0.1) is 5.92 Å². The van der Waals surface area contributed by atoms with Gasteiger partial charge in [-0.25, -0.2) is 0 Å². The van der Waals surface area contributed by atoms with Crippen LogP contribution in [0.15, 0.2) is 24.3 Å². The summed E-state index contributed by atoms with van der Waals surface area (Å²) < 4.78 is 3.54. The monoisotopic (exact) mass is 309 g/mol. The Bertz CT molecular complexity index is 399. The fourth-order valence-corrected chi connectivity index (χ4v) is 1.24. The number of benzene rings is 1. The maximum Gasteiger partial charge on any atom is 0.276 e. The van der Waals surface area contributed by atoms with Gasteiger partial charge < -0.3 is 10.1 Å². The van der Waals surface area contributed by atoms with Gasteiger partial charge in [0.15, 0.2) is 0 Å². The number of carbonyl (C=O) groups excluding carboxylic acids is 1. The van der Waals surface area contributed by atoms with Gasteiger partial charge in [0.25, 0.3) is 9.70 Å². The molecule has 0 spiro atoms. The van der Waals surface area contributed by atoms with Crippen molar-refractivity contribution in [3.05, 3.63) is 24.3 Å². The highest BCUT2D eigenvalue weighted by molar-refractivity contribution is 6.76. The van der Waals surface area contributed by atoms with Gasteiger partial charge in [-0.2, -0.15) is 0 Å². The highest BCUT2D eigenvalue weighted by Crippen LogP contribution is 2.28. The topological polar surface area (TPSA) is 38.3 Å². The van der Waals surface area contributed by atoms with Crippen LogP contribution in [0.25, 0.3) is 0 Å². The molecule has 100 valence electrons. The molecule has 6 heteroatoms. The maximum absolute atomic E-state index is 11.4. The van der Waals surface area contributed by atoms with E-state index in [1.165, 1.54) is 0 Å². The Hall–Kier alpha value is -0.640. The van der Waals surface area contributed by atoms with Gasteiger partial charge in [-0.1, -0.05) is 48.7 Å². The van der Waals surface area contributed by atoms with Crippen LogP contribution in [0.5, 0.6) is 5.75 Å². The van der Waals surface area contributed by atoms with Crippen molar-refractivity contribution in [3.63, 3.8) is 0 Å². The van der Waals surface area contributed by atoms with E-state index in [0.717, 1.165) is 5.75 Å². The molecule has 0 unspecified atom stereocenters. The van der Waals surface area contributed by atoms with Gasteiger partial charge >= 0.3 is 0 Å². The van der Waals surface area contributed by atoms with Crippen LogP contribution in [-0.4, -0.2) is 16.3 Å². The Kier molecular flexibility index (Phi) is 5.57. The summed E-state index contributed by atoms with van der Waals surface area (Å²) in [5, 5.41) is 2.48. The second-order valence-corrected chi connectivity index (χ2v) is 6.46. The number of hydrogen-bond donors (Lipinski definition) is 1. The molecule has 0 saturated heterocycles. The Labute approximate surface area is 121 Å². The molecule has 0 aliphatic carbocycles. The van der Waals surface area contributed by atoms with E-state index in [1.807, 2.05) is 0 Å². The minimum Gasteiger partial charge on any atom is -0.493 e. The first-order valence-corrected chi connectivity index (χ1v) is 6.53. The molecule has 0 atom stereocenters. The van der Waals surface area contributed by atoms with Gasteiger partial charge in [-0.15, -0.1) is 0 Å². The minimum absolute atomic E-state index is 0.453. The van der Waals surface area contributed by atoms with E-state index in [0.29, 0.717) is 18.2 Å². The zero-order valence-electron chi connectivity index (χ0n) is 10.0. The number of carbonyl (C=O) groups is 1. The number of hydrogen-bond acceptors (Lipinski definition) is 2. The normalized spacial score (nSPS) is 11.4. The number of amides is 1. The molecule has 1 aromatic rings. The molecule has 1 aromatic carbocycles. The van der Waals surface area contributed by atoms with Gasteiger partial charge in [0, 0.05) is 5.69 Å². The molecule has 3 nitrogen and oxygen atoms in total. The third-order valence-electron chi connectivity index (χ3n) is 1.95. The summed E-state index contributed by atoms with van der Waals surface area (Å²) in [6, 6.07) is 6.86. The van der Waals surface area contributed by atoms with Crippen LogP contribution in [0.2, 0.25) is 0 Å². The number of anilines is 1. The molecule has 1 rings (SSSR count). The summed E-state index contributed by atoms with van der Waals surface area (Å²) in [5.41, 5.74) is 0.545. The molecule has 0 heterocycles. The van der Waals surface area contributed by atoms with Crippen molar-refractivity contribution < 1.29 is 9.53 Å². The molecule has 0 fully saturated rings. The van der Waals surface area contributed by atoms with Gasteiger partial charge in [0.1, 0.15) is 5.75 Å². The number of ether oxygens (including phenoxy) is 1. The summed E-state index contributed by atoms with van der Waals surface area (Å²) >= 11 is 16.3. The first-order valence-electron chi connectivity index (χ1n) is 5.40. The predicted molar refractivity (Wildman–Crippen MR) is 75.7 cm³/mol. The SMILES string of the molecule is CC(C)COc1ccc(NC(=O)C(Cl)(Cl)Cl)cc1. The molecule has 0 radical (unpaired) electrons. The van der Waals surface area contributed by atoms with E-state index in [2.05, 4.69) is 19.2 Å². The predicted octanol–water partition coefficient (Wildman–Crippen LogP) is 4.03. The molecule has 1 N–H and O–H groups in total. The summed E-state index contributed by atoms with van der Waals surface area (Å²) in [5.74, 6) is 0.493. The van der Waals surface area contributed by atoms with Crippen LogP contribution in [-0.2, 0) is 4.79 Å². The fourth-order valence-electron chi connectivity index (χ4n) is 1.10. The maximum atomic E-state index is 11.4. The van der Waals surface area contributed by atoms with E-state index in [1.54, 1.807) is 24.3 Å². The van der Waals surface area contributed by atoms with Gasteiger partial charge in [0.2, 0.25) is 0 Å². The molecule has 0 saturated carbocycles. The molecular formula is C12H14Cl3NO2. The Balaban J connectivity index is 2.58. The Morgan fingerprint density at radius 1 is 1.28 bits per heavy atom. The van der Waals surface area contributed by atoms with E-state index < -0.39 is 9.70 Å². The number of alkyl halides is 3. The third-order valence-corrected chi connectivity index (χ3v) is 2.47. The fraction of sp³-hybridized carbons (Fsp3) is 0.417. The van der Waals surface area contributed by atoms with Crippen molar-refractivity contribution >= 4 is 46.4 Å². The Morgan fingerprint density at radius 2 is 1.83 bits per heavy atom. The minimum atomic E-state index is -1.97. The molecular weight excluding hydrogens is 296 g/mol. The highest BCUT2D eigenvalue weighted by Gasteiger charge is 2.30. The van der Waals surface area contributed by atoms with Crippen molar-refractivity contribution in [1.82, 2.24) is 0 Å². The highest BCUT2D eigenvalue weighted by atomic mass is 35.6. The molecule has 1 amide bonds. The average Bonchev–Trinajstić information content (AvgIpc) is 2.26. The molecule has 0 bridgehead atoms. The second-order valence-electron chi connectivity index (χ2n) is 4.18. The number of rotatable bonds is 4. The summed E-state index contributed by atoms with van der Waals surface area (Å²) in [4.78, 5) is 11.4. The second kappa shape index (κ2) is 6.50. The zero-order valence-corrected chi connectivity index (χ0v) is 12.3. The van der Waals surface area contributed by atoms with E-state index >= 15 is 0 Å². The van der Waals surface area contributed by atoms with Crippen LogP contribution >= 0.6 is 34.8 Å².